The van der Waals surface area contributed by atoms with Crippen LogP contribution in [-0.4, -0.2) is 18.6 Å². The van der Waals surface area contributed by atoms with Gasteiger partial charge in [-0.2, -0.15) is 0 Å². The molecule has 0 aromatic heterocycles. The number of carbonyl (C=O) groups is 1. The lowest BCUT2D eigenvalue weighted by molar-refractivity contribution is -0.123. The Hall–Kier alpha value is -1.26. The van der Waals surface area contributed by atoms with Crippen LogP contribution in [0.15, 0.2) is 24.3 Å². The number of carbonyl (C=O) groups excluding carboxylic acids is 1. The maximum absolute atomic E-state index is 12.0. The van der Waals surface area contributed by atoms with Crippen LogP contribution in [0.4, 0.5) is 0 Å². The molecule has 3 N–H and O–H groups in total. The zero-order chi connectivity index (χ0) is 13.7. The number of nitrogens with two attached hydrogens (primary N) is 1. The minimum Gasteiger partial charge on any atom is -0.493 e. The Morgan fingerprint density at radius 1 is 1.50 bits per heavy atom. The van der Waals surface area contributed by atoms with Gasteiger partial charge in [-0.1, -0.05) is 31.5 Å². The molecule has 1 aromatic rings. The number of hydrogen-bond acceptors (Lipinski definition) is 3. The number of hydrogen-bond donors (Lipinski definition) is 2. The molecule has 4 nitrogen and oxygen atoms in total. The van der Waals surface area contributed by atoms with Gasteiger partial charge in [-0.3, -0.25) is 4.79 Å². The standard InChI is InChI=1S/C15H22N2O2.ClH/c1-2-6-12(16)15(18)17-13-8-5-10-19-14-9-4-3-7-11(13)14;/h3-4,7,9,12-13H,2,5-6,8,10,16H2,1H3,(H,17,18);1H. The first-order valence-corrected chi connectivity index (χ1v) is 7.00. The molecule has 2 atom stereocenters. The summed E-state index contributed by atoms with van der Waals surface area (Å²) in [5, 5.41) is 3.06. The van der Waals surface area contributed by atoms with Crippen molar-refractivity contribution >= 4 is 18.3 Å². The van der Waals surface area contributed by atoms with E-state index in [4.69, 9.17) is 10.5 Å². The minimum absolute atomic E-state index is 0. The predicted molar refractivity (Wildman–Crippen MR) is 82.2 cm³/mol. The molecule has 1 aromatic carbocycles. The SMILES string of the molecule is CCCC(N)C(=O)NC1CCCOc2ccccc21.Cl. The summed E-state index contributed by atoms with van der Waals surface area (Å²) in [6, 6.07) is 7.48. The Morgan fingerprint density at radius 3 is 3.00 bits per heavy atom. The largest absolute Gasteiger partial charge is 0.493 e. The molecule has 20 heavy (non-hydrogen) atoms. The highest BCUT2D eigenvalue weighted by Crippen LogP contribution is 2.31. The van der Waals surface area contributed by atoms with Crippen LogP contribution in [0.25, 0.3) is 0 Å². The second-order valence-corrected chi connectivity index (χ2v) is 4.98. The average Bonchev–Trinajstić information content (AvgIpc) is 2.62. The first kappa shape index (κ1) is 16.8. The van der Waals surface area contributed by atoms with Gasteiger partial charge in [0.25, 0.3) is 0 Å². The van der Waals surface area contributed by atoms with Crippen LogP contribution in [0.5, 0.6) is 5.75 Å². The average molecular weight is 299 g/mol. The van der Waals surface area contributed by atoms with E-state index in [1.165, 1.54) is 0 Å². The Balaban J connectivity index is 0.00000200. The lowest BCUT2D eigenvalue weighted by Gasteiger charge is -2.20. The number of amides is 1. The third-order valence-electron chi connectivity index (χ3n) is 3.44. The van der Waals surface area contributed by atoms with Crippen molar-refractivity contribution in [2.24, 2.45) is 5.73 Å². The molecule has 0 aliphatic carbocycles. The van der Waals surface area contributed by atoms with Crippen molar-refractivity contribution < 1.29 is 9.53 Å². The van der Waals surface area contributed by atoms with E-state index in [2.05, 4.69) is 5.32 Å². The van der Waals surface area contributed by atoms with Gasteiger partial charge in [-0.05, 0) is 25.3 Å². The molecular weight excluding hydrogens is 276 g/mol. The number of fused-ring (bicyclic) bond motifs is 1. The van der Waals surface area contributed by atoms with Crippen LogP contribution in [-0.2, 0) is 4.79 Å². The maximum atomic E-state index is 12.0. The van der Waals surface area contributed by atoms with E-state index < -0.39 is 6.04 Å². The number of para-hydroxylation sites is 1. The van der Waals surface area contributed by atoms with Crippen molar-refractivity contribution in [3.8, 4) is 5.75 Å². The summed E-state index contributed by atoms with van der Waals surface area (Å²) in [5.41, 5.74) is 6.91. The lowest BCUT2D eigenvalue weighted by Crippen LogP contribution is -2.42. The third kappa shape index (κ3) is 4.12. The van der Waals surface area contributed by atoms with Gasteiger partial charge in [0.2, 0.25) is 5.91 Å². The number of ether oxygens (including phenoxy) is 1. The molecule has 112 valence electrons. The molecule has 0 saturated heterocycles. The molecule has 1 aliphatic rings. The maximum Gasteiger partial charge on any atom is 0.237 e. The van der Waals surface area contributed by atoms with Crippen molar-refractivity contribution in [3.63, 3.8) is 0 Å². The van der Waals surface area contributed by atoms with E-state index >= 15 is 0 Å². The van der Waals surface area contributed by atoms with E-state index in [0.717, 1.165) is 37.0 Å². The minimum atomic E-state index is -0.415. The summed E-state index contributed by atoms with van der Waals surface area (Å²) in [4.78, 5) is 12.0. The molecule has 1 heterocycles. The molecule has 0 saturated carbocycles. The monoisotopic (exact) mass is 298 g/mol. The molecular formula is C15H23ClN2O2. The van der Waals surface area contributed by atoms with Gasteiger partial charge in [-0.25, -0.2) is 0 Å². The molecule has 2 unspecified atom stereocenters. The molecule has 1 aliphatic heterocycles. The first-order chi connectivity index (χ1) is 9.22. The van der Waals surface area contributed by atoms with Crippen LogP contribution in [0.2, 0.25) is 0 Å². The highest BCUT2D eigenvalue weighted by molar-refractivity contribution is 5.85. The zero-order valence-corrected chi connectivity index (χ0v) is 12.6. The van der Waals surface area contributed by atoms with Crippen molar-refractivity contribution in [3.05, 3.63) is 29.8 Å². The van der Waals surface area contributed by atoms with Gasteiger partial charge in [0.15, 0.2) is 0 Å². The van der Waals surface area contributed by atoms with Crippen LogP contribution in [0.3, 0.4) is 0 Å². The van der Waals surface area contributed by atoms with Crippen LogP contribution >= 0.6 is 12.4 Å². The Morgan fingerprint density at radius 2 is 2.25 bits per heavy atom. The van der Waals surface area contributed by atoms with Gasteiger partial charge < -0.3 is 15.8 Å². The molecule has 0 radical (unpaired) electrons. The van der Waals surface area contributed by atoms with Crippen molar-refractivity contribution in [2.75, 3.05) is 6.61 Å². The lowest BCUT2D eigenvalue weighted by atomic mass is 10.0. The van der Waals surface area contributed by atoms with Gasteiger partial charge in [0.05, 0.1) is 18.7 Å². The Bertz CT molecular complexity index is 440. The van der Waals surface area contributed by atoms with Crippen LogP contribution in [0, 0.1) is 0 Å². The molecule has 1 amide bonds. The summed E-state index contributed by atoms with van der Waals surface area (Å²) < 4.78 is 5.69. The Labute approximate surface area is 126 Å². The third-order valence-corrected chi connectivity index (χ3v) is 3.44. The van der Waals surface area contributed by atoms with Gasteiger partial charge in [0.1, 0.15) is 5.75 Å². The number of benzene rings is 1. The highest BCUT2D eigenvalue weighted by atomic mass is 35.5. The van der Waals surface area contributed by atoms with E-state index in [1.807, 2.05) is 31.2 Å². The Kier molecular flexibility index (Phi) is 6.82. The summed E-state index contributed by atoms with van der Waals surface area (Å²) in [6.07, 6.45) is 3.46. The fraction of sp³-hybridized carbons (Fsp3) is 0.533. The van der Waals surface area contributed by atoms with E-state index in [9.17, 15) is 4.79 Å². The van der Waals surface area contributed by atoms with Crippen LogP contribution in [0.1, 0.15) is 44.2 Å². The second-order valence-electron chi connectivity index (χ2n) is 4.98. The predicted octanol–water partition coefficient (Wildman–Crippen LogP) is 2.57. The number of nitrogens with one attached hydrogen (secondary N) is 1. The summed E-state index contributed by atoms with van der Waals surface area (Å²) in [6.45, 7) is 2.73. The van der Waals surface area contributed by atoms with E-state index in [1.54, 1.807) is 0 Å². The quantitative estimate of drug-likeness (QED) is 0.898. The van der Waals surface area contributed by atoms with Crippen LogP contribution < -0.4 is 15.8 Å². The first-order valence-electron chi connectivity index (χ1n) is 7.00. The van der Waals surface area contributed by atoms with Gasteiger partial charge >= 0.3 is 0 Å². The van der Waals surface area contributed by atoms with Crippen molar-refractivity contribution in [1.29, 1.82) is 0 Å². The normalized spacial score (nSPS) is 18.8. The smallest absolute Gasteiger partial charge is 0.237 e. The number of rotatable bonds is 4. The molecule has 0 bridgehead atoms. The molecule has 5 heteroatoms. The molecule has 2 rings (SSSR count). The fourth-order valence-electron chi connectivity index (χ4n) is 2.40. The van der Waals surface area contributed by atoms with Crippen molar-refractivity contribution in [1.82, 2.24) is 5.32 Å². The molecule has 0 fully saturated rings. The topological polar surface area (TPSA) is 64.4 Å². The summed E-state index contributed by atoms with van der Waals surface area (Å²) in [7, 11) is 0. The van der Waals surface area contributed by atoms with E-state index in [-0.39, 0.29) is 24.4 Å². The van der Waals surface area contributed by atoms with Gasteiger partial charge in [-0.15, -0.1) is 12.4 Å². The summed E-state index contributed by atoms with van der Waals surface area (Å²) in [5.74, 6) is 0.804. The second kappa shape index (κ2) is 8.12. The highest BCUT2D eigenvalue weighted by Gasteiger charge is 2.23. The number of halogens is 1. The fourth-order valence-corrected chi connectivity index (χ4v) is 2.40. The van der Waals surface area contributed by atoms with Gasteiger partial charge in [0, 0.05) is 5.56 Å². The zero-order valence-electron chi connectivity index (χ0n) is 11.8. The van der Waals surface area contributed by atoms with Crippen molar-refractivity contribution in [2.45, 2.75) is 44.7 Å². The summed E-state index contributed by atoms with van der Waals surface area (Å²) >= 11 is 0. The van der Waals surface area contributed by atoms with E-state index in [0.29, 0.717) is 6.61 Å². The molecule has 0 spiro atoms.